The third kappa shape index (κ3) is 2.50. The average Bonchev–Trinajstić information content (AvgIpc) is 2.44. The van der Waals surface area contributed by atoms with Gasteiger partial charge in [0.2, 0.25) is 0 Å². The Hall–Kier alpha value is -1.62. The van der Waals surface area contributed by atoms with Crippen LogP contribution in [0.5, 0.6) is 0 Å². The van der Waals surface area contributed by atoms with Gasteiger partial charge >= 0.3 is 0 Å². The van der Waals surface area contributed by atoms with Crippen molar-refractivity contribution in [3.63, 3.8) is 0 Å². The quantitative estimate of drug-likeness (QED) is 0.910. The molecule has 5 heteroatoms. The summed E-state index contributed by atoms with van der Waals surface area (Å²) in [6.07, 6.45) is 2.71. The van der Waals surface area contributed by atoms with Gasteiger partial charge in [0.05, 0.1) is 17.4 Å². The number of hydrogen-bond acceptors (Lipinski definition) is 4. The molecule has 0 amide bonds. The van der Waals surface area contributed by atoms with Crippen LogP contribution in [0.25, 0.3) is 0 Å². The van der Waals surface area contributed by atoms with Gasteiger partial charge in [-0.2, -0.15) is 0 Å². The Morgan fingerprint density at radius 3 is 3.05 bits per heavy atom. The SMILES string of the molecule is Cc1cnc(C)c(NC2CCSc3c(F)cccc32)n1. The first-order chi connectivity index (χ1) is 9.65. The molecule has 20 heavy (non-hydrogen) atoms. The average molecular weight is 289 g/mol. The summed E-state index contributed by atoms with van der Waals surface area (Å²) < 4.78 is 13.9. The number of nitrogens with one attached hydrogen (secondary N) is 1. The fourth-order valence-corrected chi connectivity index (χ4v) is 3.52. The molecule has 0 aliphatic carbocycles. The van der Waals surface area contributed by atoms with E-state index in [4.69, 9.17) is 0 Å². The largest absolute Gasteiger partial charge is 0.362 e. The van der Waals surface area contributed by atoms with Crippen molar-refractivity contribution in [1.82, 2.24) is 9.97 Å². The van der Waals surface area contributed by atoms with Crippen molar-refractivity contribution in [2.24, 2.45) is 0 Å². The Morgan fingerprint density at radius 2 is 2.20 bits per heavy atom. The fourth-order valence-electron chi connectivity index (χ4n) is 2.38. The Morgan fingerprint density at radius 1 is 1.35 bits per heavy atom. The van der Waals surface area contributed by atoms with Gasteiger partial charge in [0.1, 0.15) is 11.6 Å². The third-order valence-corrected chi connectivity index (χ3v) is 4.57. The first-order valence-electron chi connectivity index (χ1n) is 6.63. The molecule has 1 aliphatic rings. The van der Waals surface area contributed by atoms with E-state index in [9.17, 15) is 4.39 Å². The topological polar surface area (TPSA) is 37.8 Å². The molecule has 0 fully saturated rings. The molecule has 1 unspecified atom stereocenters. The zero-order chi connectivity index (χ0) is 14.1. The molecule has 3 nitrogen and oxygen atoms in total. The summed E-state index contributed by atoms with van der Waals surface area (Å²) in [6, 6.07) is 5.37. The zero-order valence-electron chi connectivity index (χ0n) is 11.5. The second-order valence-corrected chi connectivity index (χ2v) is 6.04. The molecule has 0 bridgehead atoms. The van der Waals surface area contributed by atoms with Gasteiger partial charge in [-0.1, -0.05) is 12.1 Å². The normalized spacial score (nSPS) is 17.6. The summed E-state index contributed by atoms with van der Waals surface area (Å²) in [5.74, 6) is 1.56. The number of benzene rings is 1. The minimum Gasteiger partial charge on any atom is -0.362 e. The van der Waals surface area contributed by atoms with E-state index in [-0.39, 0.29) is 11.9 Å². The van der Waals surface area contributed by atoms with Crippen LogP contribution in [0.15, 0.2) is 29.3 Å². The number of nitrogens with zero attached hydrogens (tertiary/aromatic N) is 2. The first kappa shape index (κ1) is 13.4. The highest BCUT2D eigenvalue weighted by molar-refractivity contribution is 7.99. The van der Waals surface area contributed by atoms with E-state index < -0.39 is 0 Å². The van der Waals surface area contributed by atoms with Crippen molar-refractivity contribution in [2.75, 3.05) is 11.1 Å². The molecule has 0 saturated heterocycles. The van der Waals surface area contributed by atoms with Crippen LogP contribution in [0.4, 0.5) is 10.2 Å². The lowest BCUT2D eigenvalue weighted by atomic mass is 10.0. The molecule has 0 spiro atoms. The summed E-state index contributed by atoms with van der Waals surface area (Å²) in [5, 5.41) is 3.42. The molecule has 104 valence electrons. The van der Waals surface area contributed by atoms with E-state index in [1.165, 1.54) is 6.07 Å². The van der Waals surface area contributed by atoms with Gasteiger partial charge in [0, 0.05) is 16.8 Å². The third-order valence-electron chi connectivity index (χ3n) is 3.41. The van der Waals surface area contributed by atoms with E-state index in [1.54, 1.807) is 24.0 Å². The highest BCUT2D eigenvalue weighted by Crippen LogP contribution is 2.39. The Balaban J connectivity index is 1.94. The molecule has 0 radical (unpaired) electrons. The summed E-state index contributed by atoms with van der Waals surface area (Å²) >= 11 is 1.59. The number of fused-ring (bicyclic) bond motifs is 1. The second kappa shape index (κ2) is 5.40. The zero-order valence-corrected chi connectivity index (χ0v) is 12.3. The maximum Gasteiger partial charge on any atom is 0.148 e. The van der Waals surface area contributed by atoms with Crippen LogP contribution >= 0.6 is 11.8 Å². The van der Waals surface area contributed by atoms with Crippen molar-refractivity contribution in [3.8, 4) is 0 Å². The van der Waals surface area contributed by atoms with Crippen LogP contribution in [0, 0.1) is 19.7 Å². The van der Waals surface area contributed by atoms with Crippen LogP contribution in [0.1, 0.15) is 29.4 Å². The van der Waals surface area contributed by atoms with Crippen molar-refractivity contribution >= 4 is 17.6 Å². The van der Waals surface area contributed by atoms with E-state index in [1.807, 2.05) is 19.9 Å². The predicted molar refractivity (Wildman–Crippen MR) is 79.6 cm³/mol. The van der Waals surface area contributed by atoms with Crippen LogP contribution in [0.3, 0.4) is 0 Å². The summed E-state index contributed by atoms with van der Waals surface area (Å²) in [5.41, 5.74) is 2.76. The molecule has 1 aromatic heterocycles. The standard InChI is InChI=1S/C15H16FN3S/c1-9-8-17-10(2)15(18-9)19-13-6-7-20-14-11(13)4-3-5-12(14)16/h3-5,8,13H,6-7H2,1-2H3,(H,18,19). The number of hydrogen-bond donors (Lipinski definition) is 1. The number of thioether (sulfide) groups is 1. The molecular weight excluding hydrogens is 273 g/mol. The maximum absolute atomic E-state index is 13.9. The lowest BCUT2D eigenvalue weighted by Crippen LogP contribution is -2.18. The van der Waals surface area contributed by atoms with Crippen LogP contribution in [-0.2, 0) is 0 Å². The van der Waals surface area contributed by atoms with Crippen LogP contribution in [0.2, 0.25) is 0 Å². The molecule has 1 aromatic carbocycles. The van der Waals surface area contributed by atoms with Gasteiger partial charge in [-0.15, -0.1) is 11.8 Å². The van der Waals surface area contributed by atoms with Crippen LogP contribution in [-0.4, -0.2) is 15.7 Å². The molecule has 2 aromatic rings. The molecule has 1 atom stereocenters. The molecule has 1 N–H and O–H groups in total. The minimum atomic E-state index is -0.133. The number of anilines is 1. The molecule has 0 saturated carbocycles. The van der Waals surface area contributed by atoms with Gasteiger partial charge in [-0.05, 0) is 31.9 Å². The predicted octanol–water partition coefficient (Wildman–Crippen LogP) is 3.88. The molecular formula is C15H16FN3S. The van der Waals surface area contributed by atoms with Crippen molar-refractivity contribution < 1.29 is 4.39 Å². The van der Waals surface area contributed by atoms with Gasteiger partial charge in [-0.25, -0.2) is 9.37 Å². The number of rotatable bonds is 2. The van der Waals surface area contributed by atoms with Crippen molar-refractivity contribution in [3.05, 3.63) is 47.2 Å². The lowest BCUT2D eigenvalue weighted by Gasteiger charge is -2.27. The maximum atomic E-state index is 13.9. The van der Waals surface area contributed by atoms with Crippen molar-refractivity contribution in [2.45, 2.75) is 31.2 Å². The second-order valence-electron chi connectivity index (χ2n) is 4.94. The van der Waals surface area contributed by atoms with E-state index in [2.05, 4.69) is 15.3 Å². The van der Waals surface area contributed by atoms with Gasteiger partial charge in [0.15, 0.2) is 0 Å². The number of aryl methyl sites for hydroxylation is 2. The monoisotopic (exact) mass is 289 g/mol. The minimum absolute atomic E-state index is 0.0942. The van der Waals surface area contributed by atoms with Gasteiger partial charge in [0.25, 0.3) is 0 Å². The highest BCUT2D eigenvalue weighted by Gasteiger charge is 2.23. The van der Waals surface area contributed by atoms with Crippen LogP contribution < -0.4 is 5.32 Å². The fraction of sp³-hybridized carbons (Fsp3) is 0.333. The summed E-state index contributed by atoms with van der Waals surface area (Å²) in [7, 11) is 0. The molecule has 2 heterocycles. The Kier molecular flexibility index (Phi) is 3.61. The Labute approximate surface area is 122 Å². The molecule has 3 rings (SSSR count). The van der Waals surface area contributed by atoms with E-state index in [0.717, 1.165) is 39.8 Å². The van der Waals surface area contributed by atoms with Gasteiger partial charge < -0.3 is 5.32 Å². The lowest BCUT2D eigenvalue weighted by molar-refractivity contribution is 0.584. The molecule has 1 aliphatic heterocycles. The number of halogens is 1. The number of aromatic nitrogens is 2. The Bertz CT molecular complexity index is 645. The van der Waals surface area contributed by atoms with Gasteiger partial charge in [-0.3, -0.25) is 4.98 Å². The summed E-state index contributed by atoms with van der Waals surface area (Å²) in [4.78, 5) is 9.56. The first-order valence-corrected chi connectivity index (χ1v) is 7.61. The summed E-state index contributed by atoms with van der Waals surface area (Å²) in [6.45, 7) is 3.85. The van der Waals surface area contributed by atoms with E-state index >= 15 is 0 Å². The smallest absolute Gasteiger partial charge is 0.148 e. The van der Waals surface area contributed by atoms with Crippen molar-refractivity contribution in [1.29, 1.82) is 0 Å². The highest BCUT2D eigenvalue weighted by atomic mass is 32.2. The van der Waals surface area contributed by atoms with E-state index in [0.29, 0.717) is 0 Å².